The molecule has 4 aromatic rings. The van der Waals surface area contributed by atoms with Crippen LogP contribution in [0, 0.1) is 0 Å². The SMILES string of the molecule is O=C(O)c1cc2cc(OCc3cc(O)ccc3Cl)ccc2n1CCc1ccsc1. The minimum atomic E-state index is -0.958. The monoisotopic (exact) mass is 427 g/mol. The van der Waals surface area contributed by atoms with Crippen LogP contribution in [0.15, 0.2) is 59.3 Å². The van der Waals surface area contributed by atoms with Gasteiger partial charge in [0.2, 0.25) is 0 Å². The van der Waals surface area contributed by atoms with E-state index in [4.69, 9.17) is 16.3 Å². The number of thiophene rings is 1. The van der Waals surface area contributed by atoms with Crippen LogP contribution in [0.5, 0.6) is 11.5 Å². The largest absolute Gasteiger partial charge is 0.508 e. The van der Waals surface area contributed by atoms with Gasteiger partial charge in [-0.05, 0) is 71.3 Å². The molecule has 7 heteroatoms. The van der Waals surface area contributed by atoms with E-state index in [-0.39, 0.29) is 18.1 Å². The summed E-state index contributed by atoms with van der Waals surface area (Å²) in [5, 5.41) is 24.6. The molecule has 0 aliphatic heterocycles. The van der Waals surface area contributed by atoms with Gasteiger partial charge in [-0.1, -0.05) is 11.6 Å². The second-order valence-corrected chi connectivity index (χ2v) is 7.84. The van der Waals surface area contributed by atoms with Gasteiger partial charge in [0.25, 0.3) is 0 Å². The van der Waals surface area contributed by atoms with Crippen molar-refractivity contribution in [2.45, 2.75) is 19.6 Å². The molecule has 0 unspecified atom stereocenters. The summed E-state index contributed by atoms with van der Waals surface area (Å²) in [6.07, 6.45) is 0.766. The predicted molar refractivity (Wildman–Crippen MR) is 114 cm³/mol. The second kappa shape index (κ2) is 8.19. The van der Waals surface area contributed by atoms with E-state index >= 15 is 0 Å². The number of hydrogen-bond donors (Lipinski definition) is 2. The number of aromatic carboxylic acids is 1. The Balaban J connectivity index is 1.58. The van der Waals surface area contributed by atoms with Crippen LogP contribution in [0.2, 0.25) is 5.02 Å². The number of aromatic hydroxyl groups is 1. The number of ether oxygens (including phenoxy) is 1. The Hall–Kier alpha value is -2.96. The fraction of sp³-hybridized carbons (Fsp3) is 0.136. The lowest BCUT2D eigenvalue weighted by Gasteiger charge is -2.10. The number of carboxylic acid groups (broad SMARTS) is 1. The molecular weight excluding hydrogens is 410 g/mol. The van der Waals surface area contributed by atoms with Gasteiger partial charge in [0.1, 0.15) is 23.8 Å². The van der Waals surface area contributed by atoms with Crippen LogP contribution in [0.3, 0.4) is 0 Å². The molecule has 0 aliphatic rings. The van der Waals surface area contributed by atoms with Crippen molar-refractivity contribution in [1.82, 2.24) is 4.57 Å². The van der Waals surface area contributed by atoms with E-state index in [1.54, 1.807) is 29.5 Å². The molecule has 0 atom stereocenters. The maximum absolute atomic E-state index is 11.7. The molecule has 0 aliphatic carbocycles. The van der Waals surface area contributed by atoms with Gasteiger partial charge in [-0.15, -0.1) is 0 Å². The summed E-state index contributed by atoms with van der Waals surface area (Å²) >= 11 is 7.77. The Bertz CT molecular complexity index is 1170. The molecule has 4 rings (SSSR count). The minimum absolute atomic E-state index is 0.122. The highest BCUT2D eigenvalue weighted by molar-refractivity contribution is 7.07. The number of aryl methyl sites for hydroxylation is 2. The summed E-state index contributed by atoms with van der Waals surface area (Å²) in [7, 11) is 0. The average molecular weight is 428 g/mol. The van der Waals surface area contributed by atoms with Crippen LogP contribution in [0.4, 0.5) is 0 Å². The van der Waals surface area contributed by atoms with Crippen molar-refractivity contribution < 1.29 is 19.7 Å². The third-order valence-electron chi connectivity index (χ3n) is 4.72. The second-order valence-electron chi connectivity index (χ2n) is 6.65. The van der Waals surface area contributed by atoms with Crippen LogP contribution < -0.4 is 4.74 Å². The number of nitrogens with zero attached hydrogens (tertiary/aromatic N) is 1. The third kappa shape index (κ3) is 4.23. The van der Waals surface area contributed by atoms with Crippen molar-refractivity contribution in [3.63, 3.8) is 0 Å². The molecule has 2 heterocycles. The zero-order valence-electron chi connectivity index (χ0n) is 15.3. The fourth-order valence-corrected chi connectivity index (χ4v) is 4.14. The van der Waals surface area contributed by atoms with Gasteiger partial charge in [0, 0.05) is 28.0 Å². The maximum Gasteiger partial charge on any atom is 0.352 e. The molecule has 29 heavy (non-hydrogen) atoms. The van der Waals surface area contributed by atoms with Gasteiger partial charge in [-0.2, -0.15) is 11.3 Å². The number of carbonyl (C=O) groups is 1. The topological polar surface area (TPSA) is 71.7 Å². The lowest BCUT2D eigenvalue weighted by molar-refractivity contribution is 0.0685. The van der Waals surface area contributed by atoms with Crippen molar-refractivity contribution in [2.24, 2.45) is 0 Å². The molecular formula is C22H18ClNO4S. The highest BCUT2D eigenvalue weighted by Crippen LogP contribution is 2.27. The van der Waals surface area contributed by atoms with E-state index in [9.17, 15) is 15.0 Å². The Morgan fingerprint density at radius 2 is 2.00 bits per heavy atom. The van der Waals surface area contributed by atoms with Gasteiger partial charge < -0.3 is 19.5 Å². The summed E-state index contributed by atoms with van der Waals surface area (Å²) in [6, 6.07) is 13.9. The minimum Gasteiger partial charge on any atom is -0.508 e. The van der Waals surface area contributed by atoms with E-state index in [2.05, 4.69) is 11.4 Å². The first-order valence-corrected chi connectivity index (χ1v) is 10.3. The molecule has 0 fully saturated rings. The summed E-state index contributed by atoms with van der Waals surface area (Å²) in [4.78, 5) is 11.7. The Labute approximate surface area is 176 Å². The average Bonchev–Trinajstić information content (AvgIpc) is 3.34. The molecule has 0 bridgehead atoms. The number of hydrogen-bond acceptors (Lipinski definition) is 4. The molecule has 5 nitrogen and oxygen atoms in total. The maximum atomic E-state index is 11.7. The Morgan fingerprint density at radius 1 is 1.14 bits per heavy atom. The molecule has 148 valence electrons. The molecule has 0 saturated heterocycles. The predicted octanol–water partition coefficient (Wildman–Crippen LogP) is 5.58. The van der Waals surface area contributed by atoms with Gasteiger partial charge in [-0.25, -0.2) is 4.79 Å². The number of carboxylic acids is 1. The number of halogens is 1. The standard InChI is InChI=1S/C22H18ClNO4S/c23-19-3-1-17(25)9-16(19)12-28-18-2-4-20-15(10-18)11-21(22(26)27)24(20)7-5-14-6-8-29-13-14/h1-4,6,8-11,13,25H,5,7,12H2,(H,26,27). The number of benzene rings is 2. The van der Waals surface area contributed by atoms with Crippen LogP contribution in [-0.2, 0) is 19.6 Å². The van der Waals surface area contributed by atoms with Crippen molar-refractivity contribution in [2.75, 3.05) is 0 Å². The van der Waals surface area contributed by atoms with Crippen LogP contribution in [-0.4, -0.2) is 20.7 Å². The fourth-order valence-electron chi connectivity index (χ4n) is 3.27. The van der Waals surface area contributed by atoms with Crippen LogP contribution >= 0.6 is 22.9 Å². The molecule has 2 aromatic heterocycles. The Morgan fingerprint density at radius 3 is 2.76 bits per heavy atom. The van der Waals surface area contributed by atoms with Gasteiger partial charge in [-0.3, -0.25) is 0 Å². The van der Waals surface area contributed by atoms with Crippen LogP contribution in [0.1, 0.15) is 21.6 Å². The number of phenolic OH excluding ortho intramolecular Hbond substituents is 1. The molecule has 0 saturated carbocycles. The zero-order chi connectivity index (χ0) is 20.4. The number of phenols is 1. The van der Waals surface area contributed by atoms with Gasteiger partial charge in [0.15, 0.2) is 0 Å². The summed E-state index contributed by atoms with van der Waals surface area (Å²) in [6.45, 7) is 0.782. The van der Waals surface area contributed by atoms with E-state index < -0.39 is 5.97 Å². The van der Waals surface area contributed by atoms with Crippen molar-refractivity contribution in [3.05, 3.63) is 81.1 Å². The smallest absolute Gasteiger partial charge is 0.352 e. The quantitative estimate of drug-likeness (QED) is 0.403. The highest BCUT2D eigenvalue weighted by atomic mass is 35.5. The van der Waals surface area contributed by atoms with Crippen LogP contribution in [0.25, 0.3) is 10.9 Å². The molecule has 2 aromatic carbocycles. The molecule has 0 amide bonds. The third-order valence-corrected chi connectivity index (χ3v) is 5.82. The first-order valence-electron chi connectivity index (χ1n) is 8.99. The van der Waals surface area contributed by atoms with E-state index in [1.165, 1.54) is 11.6 Å². The summed E-state index contributed by atoms with van der Waals surface area (Å²) in [5.74, 6) is -0.235. The number of aromatic nitrogens is 1. The van der Waals surface area contributed by atoms with Crippen molar-refractivity contribution >= 4 is 39.8 Å². The van der Waals surface area contributed by atoms with E-state index in [1.807, 2.05) is 28.1 Å². The first-order chi connectivity index (χ1) is 14.0. The van der Waals surface area contributed by atoms with E-state index in [0.29, 0.717) is 22.9 Å². The first kappa shape index (κ1) is 19.4. The normalized spacial score (nSPS) is 11.1. The molecule has 0 spiro atoms. The van der Waals surface area contributed by atoms with Gasteiger partial charge >= 0.3 is 5.97 Å². The zero-order valence-corrected chi connectivity index (χ0v) is 16.9. The summed E-state index contributed by atoms with van der Waals surface area (Å²) < 4.78 is 7.64. The number of fused-ring (bicyclic) bond motifs is 1. The number of rotatable bonds is 7. The highest BCUT2D eigenvalue weighted by Gasteiger charge is 2.15. The molecule has 2 N–H and O–H groups in total. The van der Waals surface area contributed by atoms with E-state index in [0.717, 1.165) is 17.3 Å². The van der Waals surface area contributed by atoms with Crippen molar-refractivity contribution in [1.29, 1.82) is 0 Å². The van der Waals surface area contributed by atoms with Crippen molar-refractivity contribution in [3.8, 4) is 11.5 Å². The lowest BCUT2D eigenvalue weighted by atomic mass is 10.2. The summed E-state index contributed by atoms with van der Waals surface area (Å²) in [5.41, 5.74) is 2.96. The Kier molecular flexibility index (Phi) is 5.47. The lowest BCUT2D eigenvalue weighted by Crippen LogP contribution is -2.09. The molecule has 0 radical (unpaired) electrons. The van der Waals surface area contributed by atoms with Gasteiger partial charge in [0.05, 0.1) is 0 Å².